The summed E-state index contributed by atoms with van der Waals surface area (Å²) in [4.78, 5) is 27.1. The van der Waals surface area contributed by atoms with E-state index in [1.807, 2.05) is 0 Å². The first kappa shape index (κ1) is 15.0. The number of hydrogen-bond donors (Lipinski definition) is 1. The van der Waals surface area contributed by atoms with E-state index in [2.05, 4.69) is 15.0 Å². The van der Waals surface area contributed by atoms with Crippen molar-refractivity contribution in [2.45, 2.75) is 6.54 Å². The number of pyridine rings is 1. The Morgan fingerprint density at radius 2 is 1.95 bits per heavy atom. The maximum absolute atomic E-state index is 12.0. The number of benzene rings is 1. The average Bonchev–Trinajstić information content (AvgIpc) is 2.52. The van der Waals surface area contributed by atoms with Crippen LogP contribution in [-0.4, -0.2) is 24.0 Å². The smallest absolute Gasteiger partial charge is 0.337 e. The lowest BCUT2D eigenvalue weighted by Gasteiger charge is -2.07. The summed E-state index contributed by atoms with van der Waals surface area (Å²) in [6.45, 7) is 0.325. The number of amides is 1. The summed E-state index contributed by atoms with van der Waals surface area (Å²) >= 11 is 5.85. The topological polar surface area (TPSA) is 68.3 Å². The molecular weight excluding hydrogens is 292 g/mol. The van der Waals surface area contributed by atoms with Crippen LogP contribution in [0.3, 0.4) is 0 Å². The summed E-state index contributed by atoms with van der Waals surface area (Å²) in [6.07, 6.45) is 1.52. The Bertz CT molecular complexity index is 656. The Morgan fingerprint density at radius 3 is 2.57 bits per heavy atom. The second kappa shape index (κ2) is 6.85. The molecule has 0 spiro atoms. The minimum Gasteiger partial charge on any atom is -0.465 e. The standard InChI is InChI=1S/C15H13ClN2O3/c1-21-15(20)11-6-4-10(5-7-11)9-18-14(19)12-3-2-8-17-13(12)16/h2-8H,9H2,1H3,(H,18,19). The molecular formula is C15H13ClN2O3. The molecule has 0 bridgehead atoms. The lowest BCUT2D eigenvalue weighted by atomic mass is 10.1. The summed E-state index contributed by atoms with van der Waals surface area (Å²) in [6, 6.07) is 10.0. The number of carbonyl (C=O) groups is 2. The van der Waals surface area contributed by atoms with E-state index in [9.17, 15) is 9.59 Å². The first-order valence-electron chi connectivity index (χ1n) is 6.18. The molecule has 1 amide bonds. The molecule has 0 fully saturated rings. The Labute approximate surface area is 126 Å². The molecule has 108 valence electrons. The van der Waals surface area contributed by atoms with Crippen molar-refractivity contribution in [2.24, 2.45) is 0 Å². The molecule has 1 heterocycles. The predicted octanol–water partition coefficient (Wildman–Crippen LogP) is 2.45. The number of methoxy groups -OCH3 is 1. The summed E-state index contributed by atoms with van der Waals surface area (Å²) in [5, 5.41) is 2.90. The number of ether oxygens (including phenoxy) is 1. The van der Waals surface area contributed by atoms with Crippen LogP contribution in [0.4, 0.5) is 0 Å². The third kappa shape index (κ3) is 3.79. The third-order valence-electron chi connectivity index (χ3n) is 2.83. The van der Waals surface area contributed by atoms with E-state index >= 15 is 0 Å². The first-order valence-corrected chi connectivity index (χ1v) is 6.55. The summed E-state index contributed by atoms with van der Waals surface area (Å²) in [5.41, 5.74) is 1.64. The van der Waals surface area contributed by atoms with E-state index in [-0.39, 0.29) is 11.1 Å². The highest BCUT2D eigenvalue weighted by Gasteiger charge is 2.10. The first-order chi connectivity index (χ1) is 10.1. The molecule has 0 aliphatic heterocycles. The van der Waals surface area contributed by atoms with Crippen LogP contribution in [0.1, 0.15) is 26.3 Å². The highest BCUT2D eigenvalue weighted by molar-refractivity contribution is 6.32. The Balaban J connectivity index is 1.99. The number of rotatable bonds is 4. The Hall–Kier alpha value is -2.40. The molecule has 0 aliphatic rings. The molecule has 1 aromatic heterocycles. The Morgan fingerprint density at radius 1 is 1.24 bits per heavy atom. The maximum Gasteiger partial charge on any atom is 0.337 e. The van der Waals surface area contributed by atoms with Gasteiger partial charge in [0.2, 0.25) is 0 Å². The number of esters is 1. The van der Waals surface area contributed by atoms with Crippen molar-refractivity contribution in [2.75, 3.05) is 7.11 Å². The zero-order chi connectivity index (χ0) is 15.2. The van der Waals surface area contributed by atoms with Crippen LogP contribution in [0.25, 0.3) is 0 Å². The summed E-state index contributed by atoms with van der Waals surface area (Å²) in [7, 11) is 1.33. The molecule has 1 aromatic carbocycles. The minimum atomic E-state index is -0.396. The van der Waals surface area contributed by atoms with Crippen molar-refractivity contribution in [3.8, 4) is 0 Å². The van der Waals surface area contributed by atoms with Crippen LogP contribution >= 0.6 is 11.6 Å². The number of nitrogens with one attached hydrogen (secondary N) is 1. The molecule has 2 aromatic rings. The Kier molecular flexibility index (Phi) is 4.90. The molecule has 0 atom stereocenters. The molecule has 5 nitrogen and oxygen atoms in total. The molecule has 0 saturated heterocycles. The van der Waals surface area contributed by atoms with Gasteiger partial charge >= 0.3 is 5.97 Å². The fraction of sp³-hybridized carbons (Fsp3) is 0.133. The van der Waals surface area contributed by atoms with Gasteiger partial charge in [-0.25, -0.2) is 9.78 Å². The summed E-state index contributed by atoms with van der Waals surface area (Å²) < 4.78 is 4.62. The average molecular weight is 305 g/mol. The van der Waals surface area contributed by atoms with Gasteiger partial charge in [-0.15, -0.1) is 0 Å². The van der Waals surface area contributed by atoms with Gasteiger partial charge in [0, 0.05) is 12.7 Å². The number of carbonyl (C=O) groups excluding carboxylic acids is 2. The van der Waals surface area contributed by atoms with E-state index in [0.717, 1.165) is 5.56 Å². The molecule has 2 rings (SSSR count). The number of hydrogen-bond acceptors (Lipinski definition) is 4. The molecule has 0 unspecified atom stereocenters. The fourth-order valence-electron chi connectivity index (χ4n) is 1.71. The van der Waals surface area contributed by atoms with Crippen LogP contribution in [0.15, 0.2) is 42.6 Å². The van der Waals surface area contributed by atoms with Crippen molar-refractivity contribution in [1.29, 1.82) is 0 Å². The monoisotopic (exact) mass is 304 g/mol. The van der Waals surface area contributed by atoms with E-state index in [1.165, 1.54) is 13.3 Å². The SMILES string of the molecule is COC(=O)c1ccc(CNC(=O)c2cccnc2Cl)cc1. The van der Waals surface area contributed by atoms with Crippen LogP contribution in [0, 0.1) is 0 Å². The van der Waals surface area contributed by atoms with Crippen molar-refractivity contribution in [3.63, 3.8) is 0 Å². The zero-order valence-corrected chi connectivity index (χ0v) is 12.1. The van der Waals surface area contributed by atoms with Crippen molar-refractivity contribution in [3.05, 3.63) is 64.4 Å². The third-order valence-corrected chi connectivity index (χ3v) is 3.13. The van der Waals surface area contributed by atoms with E-state index in [4.69, 9.17) is 11.6 Å². The van der Waals surface area contributed by atoms with E-state index < -0.39 is 5.97 Å². The van der Waals surface area contributed by atoms with Crippen LogP contribution in [0.5, 0.6) is 0 Å². The van der Waals surface area contributed by atoms with Crippen molar-refractivity contribution in [1.82, 2.24) is 10.3 Å². The van der Waals surface area contributed by atoms with E-state index in [0.29, 0.717) is 17.7 Å². The van der Waals surface area contributed by atoms with Gasteiger partial charge in [0.25, 0.3) is 5.91 Å². The van der Waals surface area contributed by atoms with Gasteiger partial charge in [0.05, 0.1) is 18.2 Å². The molecule has 0 saturated carbocycles. The van der Waals surface area contributed by atoms with E-state index in [1.54, 1.807) is 36.4 Å². The van der Waals surface area contributed by atoms with Crippen LogP contribution < -0.4 is 5.32 Å². The minimum absolute atomic E-state index is 0.163. The maximum atomic E-state index is 12.0. The second-order valence-corrected chi connectivity index (χ2v) is 4.57. The second-order valence-electron chi connectivity index (χ2n) is 4.21. The van der Waals surface area contributed by atoms with Crippen LogP contribution in [0.2, 0.25) is 5.15 Å². The molecule has 1 N–H and O–H groups in total. The van der Waals surface area contributed by atoms with Crippen molar-refractivity contribution >= 4 is 23.5 Å². The normalized spacial score (nSPS) is 10.0. The van der Waals surface area contributed by atoms with Gasteiger partial charge in [-0.05, 0) is 29.8 Å². The predicted molar refractivity (Wildman–Crippen MR) is 78.2 cm³/mol. The molecule has 0 aliphatic carbocycles. The van der Waals surface area contributed by atoms with Gasteiger partial charge in [-0.3, -0.25) is 4.79 Å². The number of nitrogens with zero attached hydrogens (tertiary/aromatic N) is 1. The quantitative estimate of drug-likeness (QED) is 0.696. The van der Waals surface area contributed by atoms with Crippen LogP contribution in [-0.2, 0) is 11.3 Å². The van der Waals surface area contributed by atoms with Crippen molar-refractivity contribution < 1.29 is 14.3 Å². The van der Waals surface area contributed by atoms with Gasteiger partial charge in [-0.1, -0.05) is 23.7 Å². The highest BCUT2D eigenvalue weighted by atomic mass is 35.5. The highest BCUT2D eigenvalue weighted by Crippen LogP contribution is 2.11. The molecule has 21 heavy (non-hydrogen) atoms. The summed E-state index contributed by atoms with van der Waals surface area (Å²) in [5.74, 6) is -0.696. The largest absolute Gasteiger partial charge is 0.465 e. The lowest BCUT2D eigenvalue weighted by Crippen LogP contribution is -2.23. The molecule has 6 heteroatoms. The van der Waals surface area contributed by atoms with Gasteiger partial charge in [0.15, 0.2) is 0 Å². The van der Waals surface area contributed by atoms with Gasteiger partial charge < -0.3 is 10.1 Å². The lowest BCUT2D eigenvalue weighted by molar-refractivity contribution is 0.0600. The zero-order valence-electron chi connectivity index (χ0n) is 11.3. The number of aromatic nitrogens is 1. The van der Waals surface area contributed by atoms with Gasteiger partial charge in [-0.2, -0.15) is 0 Å². The number of halogens is 1. The fourth-order valence-corrected chi connectivity index (χ4v) is 1.91. The van der Waals surface area contributed by atoms with Gasteiger partial charge in [0.1, 0.15) is 5.15 Å². The molecule has 0 radical (unpaired) electrons.